The number of carbonyl (C=O) groups excluding carboxylic acids is 2. The molecular formula is C29H28BrCl3N2O3. The molecule has 0 spiro atoms. The molecule has 4 rings (SSSR count). The maximum absolute atomic E-state index is 13.8. The summed E-state index contributed by atoms with van der Waals surface area (Å²) < 4.78 is 6.48. The van der Waals surface area contributed by atoms with E-state index in [1.165, 1.54) is 4.90 Å². The van der Waals surface area contributed by atoms with E-state index in [4.69, 9.17) is 39.5 Å². The largest absolute Gasteiger partial charge is 0.483 e. The van der Waals surface area contributed by atoms with Crippen LogP contribution in [0.1, 0.15) is 36.8 Å². The minimum absolute atomic E-state index is 0.0536. The molecule has 5 nitrogen and oxygen atoms in total. The van der Waals surface area contributed by atoms with Gasteiger partial charge in [0.2, 0.25) is 5.91 Å². The van der Waals surface area contributed by atoms with Crippen LogP contribution in [-0.2, 0) is 22.6 Å². The van der Waals surface area contributed by atoms with Crippen LogP contribution in [0.25, 0.3) is 0 Å². The number of amides is 2. The molecule has 38 heavy (non-hydrogen) atoms. The molecule has 0 saturated heterocycles. The third-order valence-corrected chi connectivity index (χ3v) is 8.17. The van der Waals surface area contributed by atoms with Crippen LogP contribution in [-0.4, -0.2) is 35.4 Å². The Bertz CT molecular complexity index is 1250. The molecule has 200 valence electrons. The molecule has 3 aromatic rings. The highest BCUT2D eigenvalue weighted by molar-refractivity contribution is 9.10. The Morgan fingerprint density at radius 1 is 0.974 bits per heavy atom. The van der Waals surface area contributed by atoms with E-state index in [1.807, 2.05) is 30.3 Å². The molecule has 1 atom stereocenters. The molecule has 3 aromatic carbocycles. The third kappa shape index (κ3) is 7.66. The number of ether oxygens (including phenoxy) is 1. The first-order valence-electron chi connectivity index (χ1n) is 12.5. The molecule has 0 aliphatic heterocycles. The van der Waals surface area contributed by atoms with Crippen molar-refractivity contribution in [2.75, 3.05) is 6.61 Å². The fraction of sp³-hybridized carbons (Fsp3) is 0.310. The van der Waals surface area contributed by atoms with Gasteiger partial charge in [0.05, 0.1) is 4.47 Å². The molecule has 2 amide bonds. The summed E-state index contributed by atoms with van der Waals surface area (Å²) in [6.45, 7) is -0.234. The lowest BCUT2D eigenvalue weighted by Gasteiger charge is -2.32. The number of nitrogens with one attached hydrogen (secondary N) is 1. The van der Waals surface area contributed by atoms with Crippen LogP contribution in [0.15, 0.2) is 71.2 Å². The van der Waals surface area contributed by atoms with E-state index in [-0.39, 0.29) is 31.0 Å². The smallest absolute Gasteiger partial charge is 0.261 e. The lowest BCUT2D eigenvalue weighted by Crippen LogP contribution is -2.53. The topological polar surface area (TPSA) is 58.6 Å². The van der Waals surface area contributed by atoms with Crippen LogP contribution in [0.3, 0.4) is 0 Å². The average Bonchev–Trinajstić information content (AvgIpc) is 3.40. The van der Waals surface area contributed by atoms with Gasteiger partial charge in [0.25, 0.3) is 5.91 Å². The summed E-state index contributed by atoms with van der Waals surface area (Å²) in [5.41, 5.74) is 1.51. The van der Waals surface area contributed by atoms with Gasteiger partial charge in [-0.3, -0.25) is 9.59 Å². The summed E-state index contributed by atoms with van der Waals surface area (Å²) in [7, 11) is 0. The van der Waals surface area contributed by atoms with Gasteiger partial charge in [-0.05, 0) is 64.7 Å². The summed E-state index contributed by atoms with van der Waals surface area (Å²) in [4.78, 5) is 29.1. The van der Waals surface area contributed by atoms with Crippen molar-refractivity contribution in [1.29, 1.82) is 0 Å². The van der Waals surface area contributed by atoms with Gasteiger partial charge >= 0.3 is 0 Å². The first-order valence-corrected chi connectivity index (χ1v) is 14.4. The molecule has 9 heteroatoms. The SMILES string of the molecule is O=C(NC1CCCC1)[C@@H](Cc1ccccc1)N(Cc1c(Cl)cccc1Cl)C(=O)COc1ccc(Cl)cc1Br. The van der Waals surface area contributed by atoms with Gasteiger partial charge in [-0.15, -0.1) is 0 Å². The number of benzene rings is 3. The van der Waals surface area contributed by atoms with Crippen LogP contribution in [0.5, 0.6) is 5.75 Å². The third-order valence-electron chi connectivity index (χ3n) is 6.61. The summed E-state index contributed by atoms with van der Waals surface area (Å²) in [6, 6.07) is 19.2. The highest BCUT2D eigenvalue weighted by Crippen LogP contribution is 2.30. The molecule has 0 bridgehead atoms. The van der Waals surface area contributed by atoms with Crippen molar-refractivity contribution < 1.29 is 14.3 Å². The first-order chi connectivity index (χ1) is 18.3. The fourth-order valence-electron chi connectivity index (χ4n) is 4.59. The second-order valence-electron chi connectivity index (χ2n) is 9.28. The maximum Gasteiger partial charge on any atom is 0.261 e. The number of carbonyl (C=O) groups is 2. The summed E-state index contributed by atoms with van der Waals surface area (Å²) in [6.07, 6.45) is 4.35. The maximum atomic E-state index is 13.8. The molecule has 1 aliphatic carbocycles. The monoisotopic (exact) mass is 636 g/mol. The van der Waals surface area contributed by atoms with Crippen molar-refractivity contribution in [2.24, 2.45) is 0 Å². The van der Waals surface area contributed by atoms with Crippen LogP contribution >= 0.6 is 50.7 Å². The number of halogens is 4. The van der Waals surface area contributed by atoms with E-state index in [9.17, 15) is 9.59 Å². The Morgan fingerprint density at radius 3 is 2.32 bits per heavy atom. The second-order valence-corrected chi connectivity index (χ2v) is 11.4. The van der Waals surface area contributed by atoms with E-state index < -0.39 is 6.04 Å². The average molecular weight is 639 g/mol. The van der Waals surface area contributed by atoms with Crippen molar-refractivity contribution in [1.82, 2.24) is 10.2 Å². The standard InChI is InChI=1S/C29H28BrCl3N2O3/c30-23-16-20(31)13-14-27(23)38-18-28(36)35(17-22-24(32)11-6-12-25(22)33)26(15-19-7-2-1-3-8-19)29(37)34-21-9-4-5-10-21/h1-3,6-8,11-14,16,21,26H,4-5,9-10,15,17-18H2,(H,34,37)/t26-/m1/s1. The lowest BCUT2D eigenvalue weighted by atomic mass is 10.0. The molecule has 1 saturated carbocycles. The molecule has 0 aromatic heterocycles. The van der Waals surface area contributed by atoms with Crippen molar-refractivity contribution >= 4 is 62.5 Å². The Kier molecular flexibility index (Phi) is 10.4. The zero-order valence-electron chi connectivity index (χ0n) is 20.6. The van der Waals surface area contributed by atoms with Gasteiger partial charge in [-0.1, -0.05) is 84.0 Å². The van der Waals surface area contributed by atoms with Gasteiger partial charge in [0.1, 0.15) is 11.8 Å². The predicted molar refractivity (Wildman–Crippen MR) is 156 cm³/mol. The number of hydrogen-bond donors (Lipinski definition) is 1. The van der Waals surface area contributed by atoms with Crippen LogP contribution in [0.4, 0.5) is 0 Å². The minimum atomic E-state index is -0.796. The van der Waals surface area contributed by atoms with Gasteiger partial charge in [0.15, 0.2) is 6.61 Å². The van der Waals surface area contributed by atoms with E-state index >= 15 is 0 Å². The molecular weight excluding hydrogens is 611 g/mol. The Morgan fingerprint density at radius 2 is 1.66 bits per heavy atom. The summed E-state index contributed by atoms with van der Waals surface area (Å²) in [5.74, 6) is -0.108. The van der Waals surface area contributed by atoms with E-state index in [1.54, 1.807) is 36.4 Å². The normalized spacial score (nSPS) is 14.2. The van der Waals surface area contributed by atoms with Crippen LogP contribution in [0, 0.1) is 0 Å². The summed E-state index contributed by atoms with van der Waals surface area (Å²) >= 11 is 22.5. The van der Waals surface area contributed by atoms with Gasteiger partial charge in [-0.2, -0.15) is 0 Å². The molecule has 0 heterocycles. The lowest BCUT2D eigenvalue weighted by molar-refractivity contribution is -0.143. The number of rotatable bonds is 10. The molecule has 0 radical (unpaired) electrons. The predicted octanol–water partition coefficient (Wildman–Crippen LogP) is 7.49. The highest BCUT2D eigenvalue weighted by Gasteiger charge is 2.33. The fourth-order valence-corrected chi connectivity index (χ4v) is 5.90. The highest BCUT2D eigenvalue weighted by atomic mass is 79.9. The van der Waals surface area contributed by atoms with E-state index in [2.05, 4.69) is 21.2 Å². The van der Waals surface area contributed by atoms with Crippen molar-refractivity contribution in [2.45, 2.75) is 50.7 Å². The van der Waals surface area contributed by atoms with Gasteiger partial charge in [0, 0.05) is 39.6 Å². The van der Waals surface area contributed by atoms with E-state index in [0.717, 1.165) is 31.2 Å². The van der Waals surface area contributed by atoms with Gasteiger partial charge in [-0.25, -0.2) is 0 Å². The number of hydrogen-bond acceptors (Lipinski definition) is 3. The van der Waals surface area contributed by atoms with Crippen molar-refractivity contribution in [3.63, 3.8) is 0 Å². The first kappa shape index (κ1) is 28.8. The Balaban J connectivity index is 1.66. The van der Waals surface area contributed by atoms with Crippen molar-refractivity contribution in [3.05, 3.63) is 97.4 Å². The number of nitrogens with zero attached hydrogens (tertiary/aromatic N) is 1. The molecule has 1 fully saturated rings. The zero-order valence-corrected chi connectivity index (χ0v) is 24.5. The van der Waals surface area contributed by atoms with Crippen molar-refractivity contribution in [3.8, 4) is 5.75 Å². The Labute approximate surface area is 246 Å². The van der Waals surface area contributed by atoms with Gasteiger partial charge < -0.3 is 15.0 Å². The molecule has 1 aliphatic rings. The summed E-state index contributed by atoms with van der Waals surface area (Å²) in [5, 5.41) is 4.56. The Hall–Kier alpha value is -2.25. The second kappa shape index (κ2) is 13.7. The minimum Gasteiger partial charge on any atom is -0.483 e. The van der Waals surface area contributed by atoms with E-state index in [0.29, 0.717) is 37.3 Å². The zero-order chi connectivity index (χ0) is 27.1. The quantitative estimate of drug-likeness (QED) is 0.251. The molecule has 1 N–H and O–H groups in total. The van der Waals surface area contributed by atoms with Crippen LogP contribution in [0.2, 0.25) is 15.1 Å². The van der Waals surface area contributed by atoms with Crippen LogP contribution < -0.4 is 10.1 Å². The molecule has 0 unspecified atom stereocenters.